The van der Waals surface area contributed by atoms with Gasteiger partial charge in [0, 0.05) is 6.61 Å². The van der Waals surface area contributed by atoms with Crippen LogP contribution in [0.5, 0.6) is 0 Å². The van der Waals surface area contributed by atoms with Crippen LogP contribution in [0.3, 0.4) is 0 Å². The van der Waals surface area contributed by atoms with Crippen molar-refractivity contribution in [2.24, 2.45) is 11.8 Å². The molecule has 0 amide bonds. The van der Waals surface area contributed by atoms with Gasteiger partial charge in [-0.05, 0) is 6.42 Å². The van der Waals surface area contributed by atoms with E-state index in [9.17, 15) is 9.59 Å². The maximum atomic E-state index is 11.1. The van der Waals surface area contributed by atoms with Crippen LogP contribution in [-0.2, 0) is 19.1 Å². The topological polar surface area (TPSA) is 72.8 Å². The number of ether oxygens (including phenoxy) is 2. The third kappa shape index (κ3) is 2.18. The molecular weight excluding hydrogens is 176 g/mol. The first kappa shape index (κ1) is 9.98. The summed E-state index contributed by atoms with van der Waals surface area (Å²) in [6.07, 6.45) is 0.420. The molecule has 1 aliphatic heterocycles. The van der Waals surface area contributed by atoms with E-state index in [0.717, 1.165) is 0 Å². The molecule has 0 spiro atoms. The SMILES string of the molecule is COC(=O)[C@@H]1CCOC[C@H]1C(=O)O. The second-order valence-corrected chi connectivity index (χ2v) is 2.94. The Kier molecular flexibility index (Phi) is 3.25. The Hall–Kier alpha value is -1.10. The zero-order valence-electron chi connectivity index (χ0n) is 7.36. The molecule has 74 valence electrons. The first-order chi connectivity index (χ1) is 6.16. The van der Waals surface area contributed by atoms with Gasteiger partial charge in [0.15, 0.2) is 0 Å². The van der Waals surface area contributed by atoms with Gasteiger partial charge in [-0.1, -0.05) is 0 Å². The van der Waals surface area contributed by atoms with Crippen molar-refractivity contribution in [2.75, 3.05) is 20.3 Å². The molecule has 5 heteroatoms. The Morgan fingerprint density at radius 2 is 2.15 bits per heavy atom. The van der Waals surface area contributed by atoms with E-state index >= 15 is 0 Å². The molecular formula is C8H12O5. The molecule has 2 atom stereocenters. The molecule has 1 rings (SSSR count). The van der Waals surface area contributed by atoms with E-state index in [1.54, 1.807) is 0 Å². The number of hydrogen-bond acceptors (Lipinski definition) is 4. The molecule has 0 aromatic carbocycles. The number of carboxylic acid groups (broad SMARTS) is 1. The molecule has 0 aromatic heterocycles. The van der Waals surface area contributed by atoms with Gasteiger partial charge in [-0.25, -0.2) is 0 Å². The largest absolute Gasteiger partial charge is 0.481 e. The van der Waals surface area contributed by atoms with Crippen molar-refractivity contribution in [3.8, 4) is 0 Å². The van der Waals surface area contributed by atoms with Gasteiger partial charge in [-0.15, -0.1) is 0 Å². The molecule has 1 saturated heterocycles. The van der Waals surface area contributed by atoms with Gasteiger partial charge < -0.3 is 14.6 Å². The van der Waals surface area contributed by atoms with Crippen molar-refractivity contribution in [1.82, 2.24) is 0 Å². The van der Waals surface area contributed by atoms with Gasteiger partial charge in [0.25, 0.3) is 0 Å². The van der Waals surface area contributed by atoms with E-state index in [2.05, 4.69) is 4.74 Å². The van der Waals surface area contributed by atoms with Crippen molar-refractivity contribution in [2.45, 2.75) is 6.42 Å². The highest BCUT2D eigenvalue weighted by atomic mass is 16.5. The van der Waals surface area contributed by atoms with Crippen molar-refractivity contribution in [3.63, 3.8) is 0 Å². The zero-order chi connectivity index (χ0) is 9.84. The molecule has 5 nitrogen and oxygen atoms in total. The van der Waals surface area contributed by atoms with Crippen molar-refractivity contribution < 1.29 is 24.2 Å². The summed E-state index contributed by atoms with van der Waals surface area (Å²) in [5.41, 5.74) is 0. The molecule has 0 saturated carbocycles. The average Bonchev–Trinajstić information content (AvgIpc) is 2.16. The van der Waals surface area contributed by atoms with Crippen molar-refractivity contribution in [3.05, 3.63) is 0 Å². The van der Waals surface area contributed by atoms with E-state index in [4.69, 9.17) is 9.84 Å². The molecule has 0 radical (unpaired) electrons. The minimum absolute atomic E-state index is 0.0924. The summed E-state index contributed by atoms with van der Waals surface area (Å²) < 4.78 is 9.49. The number of carbonyl (C=O) groups is 2. The van der Waals surface area contributed by atoms with Gasteiger partial charge in [0.05, 0.1) is 25.6 Å². The lowest BCUT2D eigenvalue weighted by molar-refractivity contribution is -0.163. The Balaban J connectivity index is 2.67. The third-order valence-corrected chi connectivity index (χ3v) is 2.18. The monoisotopic (exact) mass is 188 g/mol. The first-order valence-electron chi connectivity index (χ1n) is 4.05. The van der Waals surface area contributed by atoms with Gasteiger partial charge in [-0.3, -0.25) is 9.59 Å². The van der Waals surface area contributed by atoms with Crippen LogP contribution in [0.1, 0.15) is 6.42 Å². The number of hydrogen-bond donors (Lipinski definition) is 1. The Bertz CT molecular complexity index is 213. The smallest absolute Gasteiger partial charge is 0.309 e. The number of rotatable bonds is 2. The second-order valence-electron chi connectivity index (χ2n) is 2.94. The van der Waals surface area contributed by atoms with E-state index < -0.39 is 23.8 Å². The quantitative estimate of drug-likeness (QED) is 0.612. The summed E-state index contributed by atoms with van der Waals surface area (Å²) in [7, 11) is 1.26. The van der Waals surface area contributed by atoms with Crippen LogP contribution >= 0.6 is 0 Å². The highest BCUT2D eigenvalue weighted by Gasteiger charge is 2.37. The van der Waals surface area contributed by atoms with Gasteiger partial charge in [-0.2, -0.15) is 0 Å². The van der Waals surface area contributed by atoms with Crippen LogP contribution in [-0.4, -0.2) is 37.4 Å². The molecule has 1 N–H and O–H groups in total. The summed E-state index contributed by atoms with van der Waals surface area (Å²) in [5, 5.41) is 8.77. The standard InChI is InChI=1S/C8H12O5/c1-12-8(11)5-2-3-13-4-6(5)7(9)10/h5-6H,2-4H2,1H3,(H,9,10)/t5-,6-/m1/s1. The first-order valence-corrected chi connectivity index (χ1v) is 4.05. The van der Waals surface area contributed by atoms with Crippen LogP contribution in [0.15, 0.2) is 0 Å². The predicted octanol–water partition coefficient (Wildman–Crippen LogP) is -0.103. The van der Waals surface area contributed by atoms with E-state index in [0.29, 0.717) is 13.0 Å². The molecule has 0 unspecified atom stereocenters. The highest BCUT2D eigenvalue weighted by Crippen LogP contribution is 2.23. The summed E-state index contributed by atoms with van der Waals surface area (Å²) in [6.45, 7) is 0.513. The number of aliphatic carboxylic acids is 1. The molecule has 0 aliphatic carbocycles. The maximum Gasteiger partial charge on any atom is 0.309 e. The lowest BCUT2D eigenvalue weighted by atomic mass is 9.88. The van der Waals surface area contributed by atoms with Crippen LogP contribution in [0.2, 0.25) is 0 Å². The Morgan fingerprint density at radius 3 is 2.69 bits per heavy atom. The Morgan fingerprint density at radius 1 is 1.46 bits per heavy atom. The summed E-state index contributed by atoms with van der Waals surface area (Å²) >= 11 is 0. The molecule has 1 fully saturated rings. The fourth-order valence-corrected chi connectivity index (χ4v) is 1.41. The van der Waals surface area contributed by atoms with E-state index in [-0.39, 0.29) is 6.61 Å². The summed E-state index contributed by atoms with van der Waals surface area (Å²) in [5.74, 6) is -2.79. The fraction of sp³-hybridized carbons (Fsp3) is 0.750. The van der Waals surface area contributed by atoms with Gasteiger partial charge >= 0.3 is 11.9 Å². The predicted molar refractivity (Wildman–Crippen MR) is 42.1 cm³/mol. The lowest BCUT2D eigenvalue weighted by Crippen LogP contribution is -2.38. The van der Waals surface area contributed by atoms with Crippen LogP contribution < -0.4 is 0 Å². The maximum absolute atomic E-state index is 11.1. The Labute approximate surface area is 75.6 Å². The summed E-state index contributed by atoms with van der Waals surface area (Å²) in [6, 6.07) is 0. The normalized spacial score (nSPS) is 28.1. The molecule has 1 heterocycles. The van der Waals surface area contributed by atoms with Gasteiger partial charge in [0.2, 0.25) is 0 Å². The number of methoxy groups -OCH3 is 1. The number of esters is 1. The van der Waals surface area contributed by atoms with Crippen LogP contribution in [0.25, 0.3) is 0 Å². The molecule has 1 aliphatic rings. The van der Waals surface area contributed by atoms with Crippen molar-refractivity contribution >= 4 is 11.9 Å². The minimum atomic E-state index is -1.00. The van der Waals surface area contributed by atoms with E-state index in [1.165, 1.54) is 7.11 Å². The lowest BCUT2D eigenvalue weighted by Gasteiger charge is -2.26. The summed E-state index contributed by atoms with van der Waals surface area (Å²) in [4.78, 5) is 21.8. The molecule has 0 bridgehead atoms. The highest BCUT2D eigenvalue weighted by molar-refractivity contribution is 5.81. The fourth-order valence-electron chi connectivity index (χ4n) is 1.41. The minimum Gasteiger partial charge on any atom is -0.481 e. The number of carbonyl (C=O) groups excluding carboxylic acids is 1. The molecule has 0 aromatic rings. The van der Waals surface area contributed by atoms with Crippen LogP contribution in [0, 0.1) is 11.8 Å². The average molecular weight is 188 g/mol. The molecule has 13 heavy (non-hydrogen) atoms. The third-order valence-electron chi connectivity index (χ3n) is 2.18. The van der Waals surface area contributed by atoms with Gasteiger partial charge in [0.1, 0.15) is 0 Å². The van der Waals surface area contributed by atoms with Crippen molar-refractivity contribution in [1.29, 1.82) is 0 Å². The van der Waals surface area contributed by atoms with Crippen LogP contribution in [0.4, 0.5) is 0 Å². The van der Waals surface area contributed by atoms with E-state index in [1.807, 2.05) is 0 Å². The number of carboxylic acids is 1. The second kappa shape index (κ2) is 4.23. The zero-order valence-corrected chi connectivity index (χ0v) is 7.36.